The third-order valence-corrected chi connectivity index (χ3v) is 9.21. The number of aliphatic hydroxyl groups excluding tert-OH is 1. The minimum Gasteiger partial charge on any atom is -0.463 e. The highest BCUT2D eigenvalue weighted by atomic mass is 16.6. The van der Waals surface area contributed by atoms with Crippen molar-refractivity contribution in [2.45, 2.75) is 64.4 Å². The smallest absolute Gasteiger partial charge is 0.310 e. The van der Waals surface area contributed by atoms with Crippen LogP contribution in [0.4, 0.5) is 0 Å². The van der Waals surface area contributed by atoms with Crippen LogP contribution < -0.4 is 0 Å². The second kappa shape index (κ2) is 6.72. The van der Waals surface area contributed by atoms with Crippen molar-refractivity contribution in [3.05, 3.63) is 0 Å². The van der Waals surface area contributed by atoms with Crippen LogP contribution in [-0.4, -0.2) is 35.9 Å². The Labute approximate surface area is 167 Å². The highest BCUT2D eigenvalue weighted by molar-refractivity contribution is 5.84. The quantitative estimate of drug-likeness (QED) is 0.730. The van der Waals surface area contributed by atoms with Crippen molar-refractivity contribution in [3.8, 4) is 0 Å². The topological polar surface area (TPSA) is 72.8 Å². The third kappa shape index (κ3) is 2.83. The predicted molar refractivity (Wildman–Crippen MR) is 102 cm³/mol. The van der Waals surface area contributed by atoms with Crippen LogP contribution in [0.25, 0.3) is 0 Å². The van der Waals surface area contributed by atoms with Gasteiger partial charge in [-0.15, -0.1) is 0 Å². The number of aliphatic hydroxyl groups is 1. The van der Waals surface area contributed by atoms with Gasteiger partial charge in [-0.3, -0.25) is 9.59 Å². The van der Waals surface area contributed by atoms with E-state index in [1.165, 1.54) is 19.3 Å². The molecule has 0 spiro atoms. The molecule has 0 aromatic rings. The summed E-state index contributed by atoms with van der Waals surface area (Å²) in [5.74, 6) is 2.22. The zero-order valence-electron chi connectivity index (χ0n) is 17.1. The molecular formula is C23H34O5. The van der Waals surface area contributed by atoms with Gasteiger partial charge < -0.3 is 14.6 Å². The molecule has 6 rings (SSSR count). The van der Waals surface area contributed by atoms with Crippen molar-refractivity contribution >= 4 is 11.9 Å². The summed E-state index contributed by atoms with van der Waals surface area (Å²) < 4.78 is 11.6. The molecule has 0 aromatic carbocycles. The summed E-state index contributed by atoms with van der Waals surface area (Å²) >= 11 is 0. The first-order chi connectivity index (χ1) is 13.4. The molecule has 6 unspecified atom stereocenters. The number of ether oxygens (including phenoxy) is 2. The van der Waals surface area contributed by atoms with Crippen LogP contribution in [0.15, 0.2) is 0 Å². The Kier molecular flexibility index (Phi) is 4.53. The van der Waals surface area contributed by atoms with Gasteiger partial charge in [0.15, 0.2) is 0 Å². The van der Waals surface area contributed by atoms with Crippen LogP contribution in [0.2, 0.25) is 0 Å². The Morgan fingerprint density at radius 1 is 0.857 bits per heavy atom. The maximum absolute atomic E-state index is 13.5. The lowest BCUT2D eigenvalue weighted by Crippen LogP contribution is -2.54. The summed E-state index contributed by atoms with van der Waals surface area (Å²) in [6.45, 7) is 4.24. The Morgan fingerprint density at radius 2 is 1.36 bits per heavy atom. The Morgan fingerprint density at radius 3 is 1.86 bits per heavy atom. The molecule has 0 radical (unpaired) electrons. The third-order valence-electron chi connectivity index (χ3n) is 9.21. The highest BCUT2D eigenvalue weighted by Gasteiger charge is 2.62. The molecule has 6 aliphatic rings. The van der Waals surface area contributed by atoms with Crippen LogP contribution in [0, 0.1) is 53.3 Å². The number of hydrogen-bond acceptors (Lipinski definition) is 5. The molecule has 0 aromatic heterocycles. The van der Waals surface area contributed by atoms with E-state index in [4.69, 9.17) is 14.6 Å². The number of hydrogen-bond donors (Lipinski definition) is 1. The number of rotatable bonds is 5. The van der Waals surface area contributed by atoms with Gasteiger partial charge in [0.1, 0.15) is 12.2 Å². The molecule has 6 fully saturated rings. The van der Waals surface area contributed by atoms with Crippen molar-refractivity contribution in [3.63, 3.8) is 0 Å². The second-order valence-corrected chi connectivity index (χ2v) is 10.7. The number of carbonyl (C=O) groups excluding carboxylic acids is 2. The van der Waals surface area contributed by atoms with E-state index in [1.807, 2.05) is 0 Å². The van der Waals surface area contributed by atoms with E-state index in [1.54, 1.807) is 0 Å². The van der Waals surface area contributed by atoms with Crippen LogP contribution >= 0.6 is 0 Å². The molecule has 28 heavy (non-hydrogen) atoms. The first kappa shape index (κ1) is 18.9. The molecule has 6 bridgehead atoms. The summed E-state index contributed by atoms with van der Waals surface area (Å²) in [4.78, 5) is 26.3. The number of fused-ring (bicyclic) bond motifs is 2. The molecule has 156 valence electrons. The van der Waals surface area contributed by atoms with Crippen LogP contribution in [0.1, 0.15) is 58.8 Å². The molecule has 6 atom stereocenters. The highest BCUT2D eigenvalue weighted by Crippen LogP contribution is 2.61. The molecule has 0 heterocycles. The lowest BCUT2D eigenvalue weighted by Gasteiger charge is -2.56. The van der Waals surface area contributed by atoms with Crippen LogP contribution in [0.3, 0.4) is 0 Å². The van der Waals surface area contributed by atoms with Crippen LogP contribution in [0.5, 0.6) is 0 Å². The average Bonchev–Trinajstić information content (AvgIpc) is 3.15. The molecule has 0 aliphatic heterocycles. The zero-order chi connectivity index (χ0) is 19.6. The van der Waals surface area contributed by atoms with Gasteiger partial charge in [-0.05, 0) is 86.4 Å². The normalized spacial score (nSPS) is 50.8. The van der Waals surface area contributed by atoms with Crippen LogP contribution in [-0.2, 0) is 19.1 Å². The van der Waals surface area contributed by atoms with Gasteiger partial charge in [-0.2, -0.15) is 0 Å². The lowest BCUT2D eigenvalue weighted by atomic mass is 9.54. The van der Waals surface area contributed by atoms with E-state index in [9.17, 15) is 9.59 Å². The van der Waals surface area contributed by atoms with Gasteiger partial charge in [0.2, 0.25) is 0 Å². The zero-order valence-corrected chi connectivity index (χ0v) is 17.1. The Balaban J connectivity index is 1.36. The summed E-state index contributed by atoms with van der Waals surface area (Å²) in [5, 5.41) is 9.03. The standard InChI is InChI=1S/C23H34O5/c1-12-13(2)18-8-17(12)19(21(25)27-4-3-24)20(18)22(26)28-23-9-14-5-15(10-23)7-16(6-14)11-23/h12-20,24H,3-11H2,1-2H3. The maximum Gasteiger partial charge on any atom is 0.310 e. The SMILES string of the molecule is CC1C(C)C2CC1C(C(=O)OCCO)C2C(=O)OC12CC3CC(CC(C3)C1)C2. The van der Waals surface area contributed by atoms with Crippen molar-refractivity contribution in [1.29, 1.82) is 0 Å². The van der Waals surface area contributed by atoms with Gasteiger partial charge in [0.25, 0.3) is 0 Å². The first-order valence-electron chi connectivity index (χ1n) is 11.4. The fraction of sp³-hybridized carbons (Fsp3) is 0.913. The van der Waals surface area contributed by atoms with E-state index in [0.29, 0.717) is 11.8 Å². The Bertz CT molecular complexity index is 622. The van der Waals surface area contributed by atoms with Gasteiger partial charge in [0, 0.05) is 0 Å². The second-order valence-electron chi connectivity index (χ2n) is 10.7. The van der Waals surface area contributed by atoms with Crippen molar-refractivity contribution in [2.75, 3.05) is 13.2 Å². The van der Waals surface area contributed by atoms with Crippen molar-refractivity contribution < 1.29 is 24.2 Å². The number of carbonyl (C=O) groups is 2. The molecule has 0 amide bonds. The minimum atomic E-state index is -0.399. The minimum absolute atomic E-state index is 0.00734. The molecular weight excluding hydrogens is 356 g/mol. The van der Waals surface area contributed by atoms with Gasteiger partial charge in [-0.1, -0.05) is 13.8 Å². The molecule has 1 N–H and O–H groups in total. The van der Waals surface area contributed by atoms with Crippen molar-refractivity contribution in [2.24, 2.45) is 53.3 Å². The number of esters is 2. The van der Waals surface area contributed by atoms with Gasteiger partial charge in [-0.25, -0.2) is 0 Å². The first-order valence-corrected chi connectivity index (χ1v) is 11.4. The summed E-state index contributed by atoms with van der Waals surface area (Å²) in [6.07, 6.45) is 7.94. The molecule has 6 aliphatic carbocycles. The van der Waals surface area contributed by atoms with Gasteiger partial charge >= 0.3 is 11.9 Å². The largest absolute Gasteiger partial charge is 0.463 e. The van der Waals surface area contributed by atoms with E-state index >= 15 is 0 Å². The summed E-state index contributed by atoms with van der Waals surface area (Å²) in [6, 6.07) is 0. The molecule has 6 saturated carbocycles. The van der Waals surface area contributed by atoms with Gasteiger partial charge in [0.05, 0.1) is 18.4 Å². The van der Waals surface area contributed by atoms with Crippen molar-refractivity contribution in [1.82, 2.24) is 0 Å². The average molecular weight is 391 g/mol. The fourth-order valence-electron chi connectivity index (χ4n) is 8.33. The predicted octanol–water partition coefficient (Wildman–Crippen LogP) is 3.19. The van der Waals surface area contributed by atoms with E-state index in [-0.39, 0.29) is 48.5 Å². The summed E-state index contributed by atoms with van der Waals surface area (Å²) in [7, 11) is 0. The lowest BCUT2D eigenvalue weighted by molar-refractivity contribution is -0.197. The maximum atomic E-state index is 13.5. The fourth-order valence-corrected chi connectivity index (χ4v) is 8.33. The molecule has 5 nitrogen and oxygen atoms in total. The molecule has 5 heteroatoms. The monoisotopic (exact) mass is 390 g/mol. The Hall–Kier alpha value is -1.10. The molecule has 0 saturated heterocycles. The van der Waals surface area contributed by atoms with E-state index < -0.39 is 5.92 Å². The summed E-state index contributed by atoms with van der Waals surface area (Å²) in [5.41, 5.74) is -0.262. The van der Waals surface area contributed by atoms with E-state index in [2.05, 4.69) is 13.8 Å². The van der Waals surface area contributed by atoms with E-state index in [0.717, 1.165) is 43.4 Å².